The number of nitrogens with zero attached hydrogens (tertiary/aromatic N) is 1. The third-order valence-corrected chi connectivity index (χ3v) is 6.19. The van der Waals surface area contributed by atoms with E-state index in [9.17, 15) is 9.59 Å². The molecule has 2 aliphatic heterocycles. The van der Waals surface area contributed by atoms with Gasteiger partial charge in [-0.3, -0.25) is 9.59 Å². The van der Waals surface area contributed by atoms with Crippen LogP contribution in [0.2, 0.25) is 0 Å². The summed E-state index contributed by atoms with van der Waals surface area (Å²) in [6, 6.07) is 0.171. The van der Waals surface area contributed by atoms with Gasteiger partial charge >= 0.3 is 5.97 Å². The summed E-state index contributed by atoms with van der Waals surface area (Å²) in [5.74, 6) is -0.468. The van der Waals surface area contributed by atoms with E-state index in [1.165, 1.54) is 25.9 Å². The van der Waals surface area contributed by atoms with Crippen LogP contribution in [0, 0.1) is 17.3 Å². The van der Waals surface area contributed by atoms with Gasteiger partial charge < -0.3 is 15.0 Å². The van der Waals surface area contributed by atoms with Gasteiger partial charge in [-0.15, -0.1) is 0 Å². The molecule has 0 aromatic heterocycles. The molecule has 0 bridgehead atoms. The zero-order chi connectivity index (χ0) is 19.9. The zero-order valence-electron chi connectivity index (χ0n) is 17.9. The molecule has 0 amide bonds. The lowest BCUT2D eigenvalue weighted by molar-refractivity contribution is -0.152. The summed E-state index contributed by atoms with van der Waals surface area (Å²) in [5, 5.41) is 3.64. The minimum absolute atomic E-state index is 0.0125. The highest BCUT2D eigenvalue weighted by atomic mass is 16.5. The molecule has 0 spiro atoms. The van der Waals surface area contributed by atoms with Gasteiger partial charge in [0, 0.05) is 12.5 Å². The first-order valence-electron chi connectivity index (χ1n) is 10.9. The van der Waals surface area contributed by atoms with Crippen LogP contribution in [0.1, 0.15) is 72.6 Å². The van der Waals surface area contributed by atoms with E-state index in [1.807, 2.05) is 0 Å². The van der Waals surface area contributed by atoms with Gasteiger partial charge in [-0.2, -0.15) is 0 Å². The topological polar surface area (TPSA) is 58.6 Å². The highest BCUT2D eigenvalue weighted by Crippen LogP contribution is 2.31. The number of Topliss-reactive ketones (excluding diaryl/α,β-unsaturated/α-hetero) is 1. The second-order valence-electron chi connectivity index (χ2n) is 9.59. The van der Waals surface area contributed by atoms with Crippen molar-refractivity contribution in [3.05, 3.63) is 0 Å². The fourth-order valence-corrected chi connectivity index (χ4v) is 4.41. The lowest BCUT2D eigenvalue weighted by Gasteiger charge is -2.29. The van der Waals surface area contributed by atoms with Gasteiger partial charge in [-0.25, -0.2) is 0 Å². The SMILES string of the molecule is C[C@H]1CN[C@H](CCCN2CCCC2)COC(=O)[C@H](C)C(=O)CCC(C)(C)C1. The van der Waals surface area contributed by atoms with E-state index < -0.39 is 5.92 Å². The van der Waals surface area contributed by atoms with Gasteiger partial charge in [0.2, 0.25) is 0 Å². The maximum absolute atomic E-state index is 12.4. The van der Waals surface area contributed by atoms with E-state index in [2.05, 4.69) is 31.0 Å². The molecule has 2 heterocycles. The molecular formula is C22H40N2O3. The minimum atomic E-state index is -0.649. The largest absolute Gasteiger partial charge is 0.463 e. The van der Waals surface area contributed by atoms with E-state index >= 15 is 0 Å². The highest BCUT2D eigenvalue weighted by molar-refractivity contribution is 5.98. The van der Waals surface area contributed by atoms with Crippen molar-refractivity contribution >= 4 is 11.8 Å². The molecule has 3 atom stereocenters. The Bertz CT molecular complexity index is 486. The van der Waals surface area contributed by atoms with Gasteiger partial charge in [0.1, 0.15) is 18.3 Å². The summed E-state index contributed by atoms with van der Waals surface area (Å²) in [7, 11) is 0. The molecule has 0 saturated carbocycles. The Morgan fingerprint density at radius 1 is 1.19 bits per heavy atom. The monoisotopic (exact) mass is 380 g/mol. The number of ketones is 1. The van der Waals surface area contributed by atoms with E-state index in [0.29, 0.717) is 18.9 Å². The van der Waals surface area contributed by atoms with Crippen LogP contribution < -0.4 is 5.32 Å². The van der Waals surface area contributed by atoms with Gasteiger partial charge in [0.15, 0.2) is 0 Å². The molecule has 2 saturated heterocycles. The fourth-order valence-electron chi connectivity index (χ4n) is 4.41. The summed E-state index contributed by atoms with van der Waals surface area (Å²) in [5.41, 5.74) is 0.111. The van der Waals surface area contributed by atoms with Gasteiger partial charge in [0.05, 0.1) is 0 Å². The highest BCUT2D eigenvalue weighted by Gasteiger charge is 2.28. The number of ether oxygens (including phenoxy) is 1. The number of nitrogens with one attached hydrogen (secondary N) is 1. The van der Waals surface area contributed by atoms with Gasteiger partial charge in [0.25, 0.3) is 0 Å². The maximum Gasteiger partial charge on any atom is 0.316 e. The third kappa shape index (κ3) is 7.90. The van der Waals surface area contributed by atoms with Crippen LogP contribution in [-0.4, -0.2) is 55.5 Å². The smallest absolute Gasteiger partial charge is 0.316 e. The molecule has 2 fully saturated rings. The van der Waals surface area contributed by atoms with E-state index in [1.54, 1.807) is 6.92 Å². The summed E-state index contributed by atoms with van der Waals surface area (Å²) in [4.78, 5) is 27.2. The first-order chi connectivity index (χ1) is 12.8. The number of hydrogen-bond acceptors (Lipinski definition) is 5. The van der Waals surface area contributed by atoms with Crippen molar-refractivity contribution in [1.82, 2.24) is 10.2 Å². The second-order valence-corrected chi connectivity index (χ2v) is 9.59. The Morgan fingerprint density at radius 3 is 2.59 bits per heavy atom. The molecule has 5 nitrogen and oxygen atoms in total. The van der Waals surface area contributed by atoms with Crippen LogP contribution in [0.15, 0.2) is 0 Å². The molecule has 27 heavy (non-hydrogen) atoms. The Balaban J connectivity index is 1.93. The van der Waals surface area contributed by atoms with E-state index in [4.69, 9.17) is 4.74 Å². The lowest BCUT2D eigenvalue weighted by atomic mass is 9.78. The van der Waals surface area contributed by atoms with Crippen molar-refractivity contribution in [1.29, 1.82) is 0 Å². The van der Waals surface area contributed by atoms with E-state index in [-0.39, 0.29) is 23.2 Å². The Labute approximate surface area is 165 Å². The minimum Gasteiger partial charge on any atom is -0.463 e. The predicted octanol–water partition coefficient (Wildman–Crippen LogP) is 3.42. The van der Waals surface area contributed by atoms with Crippen LogP contribution in [-0.2, 0) is 14.3 Å². The molecule has 0 aliphatic carbocycles. The molecule has 5 heteroatoms. The number of cyclic esters (lactones) is 1. The lowest BCUT2D eigenvalue weighted by Crippen LogP contribution is -2.39. The second kappa shape index (κ2) is 10.6. The molecule has 1 N–H and O–H groups in total. The van der Waals surface area contributed by atoms with Crippen LogP contribution >= 0.6 is 0 Å². The van der Waals surface area contributed by atoms with Crippen molar-refractivity contribution in [3.8, 4) is 0 Å². The quantitative estimate of drug-likeness (QED) is 0.598. The number of rotatable bonds is 4. The van der Waals surface area contributed by atoms with Crippen molar-refractivity contribution in [3.63, 3.8) is 0 Å². The average Bonchev–Trinajstić information content (AvgIpc) is 3.13. The summed E-state index contributed by atoms with van der Waals surface area (Å²) >= 11 is 0. The average molecular weight is 381 g/mol. The molecule has 0 aromatic carbocycles. The molecular weight excluding hydrogens is 340 g/mol. The number of esters is 1. The van der Waals surface area contributed by atoms with Crippen LogP contribution in [0.3, 0.4) is 0 Å². The van der Waals surface area contributed by atoms with Gasteiger partial charge in [-0.05, 0) is 83.0 Å². The first-order valence-corrected chi connectivity index (χ1v) is 10.9. The standard InChI is InChI=1S/C22H40N2O3/c1-17-14-22(3,4)10-9-20(25)18(2)21(26)27-16-19(23-15-17)8-7-13-24-11-5-6-12-24/h17-19,23H,5-16H2,1-4H3/t17-,18-,19-/m1/s1. The third-order valence-electron chi connectivity index (χ3n) is 6.19. The summed E-state index contributed by atoms with van der Waals surface area (Å²) in [6.07, 6.45) is 7.12. The molecule has 2 rings (SSSR count). The van der Waals surface area contributed by atoms with Crippen molar-refractivity contribution in [2.24, 2.45) is 17.3 Å². The summed E-state index contributed by atoms with van der Waals surface area (Å²) < 4.78 is 5.52. The first kappa shape index (κ1) is 22.4. The number of carbonyl (C=O) groups is 2. The molecule has 156 valence electrons. The van der Waals surface area contributed by atoms with Crippen molar-refractivity contribution < 1.29 is 14.3 Å². The predicted molar refractivity (Wildman–Crippen MR) is 109 cm³/mol. The van der Waals surface area contributed by atoms with E-state index in [0.717, 1.165) is 38.8 Å². The molecule has 2 aliphatic rings. The van der Waals surface area contributed by atoms with Crippen molar-refractivity contribution in [2.45, 2.75) is 78.7 Å². The number of hydrogen-bond donors (Lipinski definition) is 1. The zero-order valence-corrected chi connectivity index (χ0v) is 17.9. The Hall–Kier alpha value is -0.940. The number of carbonyl (C=O) groups excluding carboxylic acids is 2. The van der Waals surface area contributed by atoms with Crippen LogP contribution in [0.5, 0.6) is 0 Å². The molecule has 0 radical (unpaired) electrons. The maximum atomic E-state index is 12.4. The fraction of sp³-hybridized carbons (Fsp3) is 0.909. The Morgan fingerprint density at radius 2 is 1.89 bits per heavy atom. The summed E-state index contributed by atoms with van der Waals surface area (Å²) in [6.45, 7) is 13.3. The van der Waals surface area contributed by atoms with Gasteiger partial charge in [-0.1, -0.05) is 20.8 Å². The number of likely N-dealkylation sites (tertiary alicyclic amines) is 1. The van der Waals surface area contributed by atoms with Crippen molar-refractivity contribution in [2.75, 3.05) is 32.8 Å². The molecule has 0 unspecified atom stereocenters. The molecule has 0 aromatic rings. The Kier molecular flexibility index (Phi) is 8.74. The van der Waals surface area contributed by atoms with Crippen LogP contribution in [0.25, 0.3) is 0 Å². The van der Waals surface area contributed by atoms with Crippen LogP contribution in [0.4, 0.5) is 0 Å². The normalized spacial score (nSPS) is 31.6.